The fourth-order valence-electron chi connectivity index (χ4n) is 2.52. The quantitative estimate of drug-likeness (QED) is 0.578. The summed E-state index contributed by atoms with van der Waals surface area (Å²) in [5, 5.41) is 3.15. The zero-order chi connectivity index (χ0) is 16.5. The summed E-state index contributed by atoms with van der Waals surface area (Å²) in [5.74, 6) is -0.766. The Hall–Kier alpha value is -3.12. The normalized spacial score (nSPS) is 15.2. The van der Waals surface area contributed by atoms with Crippen molar-refractivity contribution in [2.45, 2.75) is 0 Å². The number of hydrogen-bond acceptors (Lipinski definition) is 5. The van der Waals surface area contributed by atoms with E-state index in [9.17, 15) is 9.59 Å². The molecule has 116 valence electrons. The van der Waals surface area contributed by atoms with Gasteiger partial charge in [-0.3, -0.25) is 19.9 Å². The molecule has 0 fully saturated rings. The number of aromatic nitrogens is 2. The molecular weight excluding hydrogens is 322 g/mol. The van der Waals surface area contributed by atoms with Gasteiger partial charge in [-0.05, 0) is 29.8 Å². The van der Waals surface area contributed by atoms with E-state index in [1.165, 1.54) is 11.3 Å². The molecule has 6 heteroatoms. The third-order valence-corrected chi connectivity index (χ3v) is 4.59. The van der Waals surface area contributed by atoms with Crippen LogP contribution in [0.15, 0.2) is 54.9 Å². The van der Waals surface area contributed by atoms with E-state index in [0.717, 1.165) is 15.6 Å². The number of hydrogen-bond donors (Lipinski definition) is 1. The van der Waals surface area contributed by atoms with Crippen LogP contribution < -0.4 is 5.32 Å². The molecule has 1 N–H and O–H groups in total. The highest BCUT2D eigenvalue weighted by molar-refractivity contribution is 7.15. The monoisotopic (exact) mass is 333 g/mol. The Morgan fingerprint density at radius 3 is 2.50 bits per heavy atom. The number of fused-ring (bicyclic) bond motifs is 1. The summed E-state index contributed by atoms with van der Waals surface area (Å²) in [5.41, 5.74) is 2.38. The average molecular weight is 333 g/mol. The predicted octanol–water partition coefficient (Wildman–Crippen LogP) is 3.02. The van der Waals surface area contributed by atoms with E-state index in [1.807, 2.05) is 24.3 Å². The summed E-state index contributed by atoms with van der Waals surface area (Å²) in [7, 11) is 0. The molecule has 1 aliphatic heterocycles. The van der Waals surface area contributed by atoms with Gasteiger partial charge in [0.1, 0.15) is 5.01 Å². The zero-order valence-corrected chi connectivity index (χ0v) is 13.2. The molecule has 3 heterocycles. The molecule has 24 heavy (non-hydrogen) atoms. The number of amides is 2. The molecular formula is C18H11N3O2S. The first kappa shape index (κ1) is 14.5. The summed E-state index contributed by atoms with van der Waals surface area (Å²) in [6.07, 6.45) is 5.17. The second kappa shape index (κ2) is 5.82. The van der Waals surface area contributed by atoms with Crippen LogP contribution in [0, 0.1) is 0 Å². The largest absolute Gasteiger partial charge is 0.288 e. The third kappa shape index (κ3) is 2.53. The minimum Gasteiger partial charge on any atom is -0.288 e. The molecule has 1 aliphatic rings. The first-order chi connectivity index (χ1) is 11.7. The van der Waals surface area contributed by atoms with Gasteiger partial charge >= 0.3 is 0 Å². The van der Waals surface area contributed by atoms with Crippen molar-refractivity contribution in [2.24, 2.45) is 0 Å². The number of benzene rings is 1. The van der Waals surface area contributed by atoms with Gasteiger partial charge < -0.3 is 0 Å². The number of thiazole rings is 1. The van der Waals surface area contributed by atoms with Crippen molar-refractivity contribution in [1.82, 2.24) is 15.3 Å². The van der Waals surface area contributed by atoms with Crippen LogP contribution >= 0.6 is 11.3 Å². The topological polar surface area (TPSA) is 72.0 Å². The number of carbonyl (C=O) groups excluding carboxylic acids is 2. The van der Waals surface area contributed by atoms with E-state index in [2.05, 4.69) is 15.3 Å². The van der Waals surface area contributed by atoms with E-state index in [0.29, 0.717) is 16.7 Å². The number of imide groups is 1. The maximum absolute atomic E-state index is 12.2. The number of rotatable bonds is 2. The van der Waals surface area contributed by atoms with Gasteiger partial charge in [-0.15, -0.1) is 11.3 Å². The highest BCUT2D eigenvalue weighted by Gasteiger charge is 2.26. The van der Waals surface area contributed by atoms with Crippen LogP contribution in [-0.2, 0) is 4.79 Å². The molecule has 5 nitrogen and oxygen atoms in total. The molecule has 0 saturated carbocycles. The van der Waals surface area contributed by atoms with Crippen molar-refractivity contribution < 1.29 is 9.59 Å². The summed E-state index contributed by atoms with van der Waals surface area (Å²) in [4.78, 5) is 33.6. The van der Waals surface area contributed by atoms with E-state index >= 15 is 0 Å². The van der Waals surface area contributed by atoms with Crippen LogP contribution in [0.1, 0.15) is 20.8 Å². The van der Waals surface area contributed by atoms with Gasteiger partial charge in [0.05, 0.1) is 5.69 Å². The Labute approximate surface area is 141 Å². The second-order valence-electron chi connectivity index (χ2n) is 5.17. The summed E-state index contributed by atoms with van der Waals surface area (Å²) >= 11 is 1.44. The van der Waals surface area contributed by atoms with Crippen molar-refractivity contribution in [2.75, 3.05) is 0 Å². The van der Waals surface area contributed by atoms with Crippen molar-refractivity contribution in [3.63, 3.8) is 0 Å². The summed E-state index contributed by atoms with van der Waals surface area (Å²) in [6, 6.07) is 12.7. The van der Waals surface area contributed by atoms with Crippen LogP contribution in [-0.4, -0.2) is 21.8 Å². The molecule has 0 unspecified atom stereocenters. The Bertz CT molecular complexity index is 977. The van der Waals surface area contributed by atoms with E-state index < -0.39 is 5.91 Å². The molecule has 0 aliphatic carbocycles. The molecule has 0 spiro atoms. The molecule has 0 saturated heterocycles. The van der Waals surface area contributed by atoms with Crippen molar-refractivity contribution in [3.8, 4) is 10.7 Å². The number of nitrogens with one attached hydrogen (secondary N) is 1. The molecule has 0 radical (unpaired) electrons. The fourth-order valence-corrected chi connectivity index (χ4v) is 3.36. The number of pyridine rings is 1. The van der Waals surface area contributed by atoms with Gasteiger partial charge in [0.15, 0.2) is 0 Å². The van der Waals surface area contributed by atoms with Crippen molar-refractivity contribution >= 4 is 34.8 Å². The van der Waals surface area contributed by atoms with Crippen molar-refractivity contribution in [1.29, 1.82) is 0 Å². The lowest BCUT2D eigenvalue weighted by atomic mass is 9.94. The molecule has 2 aromatic heterocycles. The van der Waals surface area contributed by atoms with E-state index in [-0.39, 0.29) is 5.91 Å². The van der Waals surface area contributed by atoms with Crippen LogP contribution in [0.4, 0.5) is 0 Å². The standard InChI is InChI=1S/C18H11N3O2S/c22-16-13-6-2-1-5-12(13)14(17(23)21-16)9-11-10-20-18(24-11)15-7-3-4-8-19-15/h1-10H,(H,21,22,23)/b14-9+. The van der Waals surface area contributed by atoms with Gasteiger partial charge in [0, 0.05) is 28.4 Å². The maximum atomic E-state index is 12.2. The number of nitrogens with zero attached hydrogens (tertiary/aromatic N) is 2. The van der Waals surface area contributed by atoms with Gasteiger partial charge in [-0.25, -0.2) is 4.98 Å². The smallest absolute Gasteiger partial charge is 0.258 e. The molecule has 0 atom stereocenters. The van der Waals surface area contributed by atoms with Gasteiger partial charge in [-0.2, -0.15) is 0 Å². The minimum atomic E-state index is -0.397. The van der Waals surface area contributed by atoms with Gasteiger partial charge in [-0.1, -0.05) is 24.3 Å². The Morgan fingerprint density at radius 2 is 1.71 bits per heavy atom. The summed E-state index contributed by atoms with van der Waals surface area (Å²) < 4.78 is 0. The van der Waals surface area contributed by atoms with E-state index in [4.69, 9.17) is 0 Å². The lowest BCUT2D eigenvalue weighted by Gasteiger charge is -2.17. The Balaban J connectivity index is 1.76. The predicted molar refractivity (Wildman–Crippen MR) is 92.1 cm³/mol. The zero-order valence-electron chi connectivity index (χ0n) is 12.4. The molecule has 3 aromatic rings. The highest BCUT2D eigenvalue weighted by Crippen LogP contribution is 2.29. The first-order valence-corrected chi connectivity index (χ1v) is 8.08. The second-order valence-corrected chi connectivity index (χ2v) is 6.23. The first-order valence-electron chi connectivity index (χ1n) is 7.26. The Kier molecular flexibility index (Phi) is 3.51. The van der Waals surface area contributed by atoms with Crippen molar-refractivity contribution in [3.05, 3.63) is 70.9 Å². The molecule has 1 aromatic carbocycles. The van der Waals surface area contributed by atoms with Gasteiger partial charge in [0.25, 0.3) is 11.8 Å². The fraction of sp³-hybridized carbons (Fsp3) is 0. The maximum Gasteiger partial charge on any atom is 0.258 e. The minimum absolute atomic E-state index is 0.369. The lowest BCUT2D eigenvalue weighted by Crippen LogP contribution is -2.36. The third-order valence-electron chi connectivity index (χ3n) is 3.63. The number of carbonyl (C=O) groups is 2. The SMILES string of the molecule is O=C1NC(=O)c2ccccc2/C1=C\c1cnc(-c2ccccn2)s1. The molecule has 4 rings (SSSR count). The Morgan fingerprint density at radius 1 is 0.917 bits per heavy atom. The highest BCUT2D eigenvalue weighted by atomic mass is 32.1. The molecule has 2 amide bonds. The lowest BCUT2D eigenvalue weighted by molar-refractivity contribution is -0.114. The van der Waals surface area contributed by atoms with Crippen LogP contribution in [0.2, 0.25) is 0 Å². The van der Waals surface area contributed by atoms with E-state index in [1.54, 1.807) is 36.7 Å². The van der Waals surface area contributed by atoms with Crippen LogP contribution in [0.5, 0.6) is 0 Å². The van der Waals surface area contributed by atoms with Crippen LogP contribution in [0.25, 0.3) is 22.4 Å². The van der Waals surface area contributed by atoms with Crippen LogP contribution in [0.3, 0.4) is 0 Å². The average Bonchev–Trinajstić information content (AvgIpc) is 3.08. The summed E-state index contributed by atoms with van der Waals surface area (Å²) in [6.45, 7) is 0. The van der Waals surface area contributed by atoms with Gasteiger partial charge in [0.2, 0.25) is 0 Å². The molecule has 0 bridgehead atoms.